The molecule has 0 radical (unpaired) electrons. The van der Waals surface area contributed by atoms with Crippen LogP contribution >= 0.6 is 0 Å². The maximum absolute atomic E-state index is 11.6. The van der Waals surface area contributed by atoms with E-state index < -0.39 is 11.4 Å². The molecule has 0 atom stereocenters. The number of hydrogen-bond donors (Lipinski definition) is 1. The zero-order chi connectivity index (χ0) is 12.2. The van der Waals surface area contributed by atoms with Crippen molar-refractivity contribution >= 4 is 11.9 Å². The molecule has 4 heteroatoms. The molecule has 1 saturated heterocycles. The van der Waals surface area contributed by atoms with Crippen LogP contribution in [-0.2, 0) is 9.59 Å². The molecule has 0 aromatic rings. The van der Waals surface area contributed by atoms with Crippen LogP contribution in [0, 0.1) is 17.8 Å². The fraction of sp³-hybridized carbons (Fsp3) is 0.667. The predicted molar refractivity (Wildman–Crippen MR) is 59.6 cm³/mol. The summed E-state index contributed by atoms with van der Waals surface area (Å²) in [6.45, 7) is 2.77. The van der Waals surface area contributed by atoms with E-state index in [1.165, 1.54) is 0 Å². The molecule has 0 saturated carbocycles. The number of carboxylic acid groups (broad SMARTS) is 1. The standard InChI is InChI=1S/C12H17NO3/c1-3-4-5-10(14)13-8-6-12(2,7-9-13)11(15)16/h1H,4-9H2,2H3,(H,15,16). The Hall–Kier alpha value is -1.50. The molecule has 1 aliphatic heterocycles. The van der Waals surface area contributed by atoms with E-state index in [1.54, 1.807) is 11.8 Å². The second-order valence-electron chi connectivity index (χ2n) is 4.45. The highest BCUT2D eigenvalue weighted by molar-refractivity contribution is 5.78. The summed E-state index contributed by atoms with van der Waals surface area (Å²) in [5.74, 6) is 1.69. The quantitative estimate of drug-likeness (QED) is 0.729. The van der Waals surface area contributed by atoms with Crippen molar-refractivity contribution in [2.75, 3.05) is 13.1 Å². The summed E-state index contributed by atoms with van der Waals surface area (Å²) in [5, 5.41) is 9.03. The molecule has 0 aliphatic carbocycles. The van der Waals surface area contributed by atoms with Gasteiger partial charge in [-0.2, -0.15) is 0 Å². The zero-order valence-corrected chi connectivity index (χ0v) is 9.53. The van der Waals surface area contributed by atoms with E-state index >= 15 is 0 Å². The maximum Gasteiger partial charge on any atom is 0.309 e. The maximum atomic E-state index is 11.6. The average molecular weight is 223 g/mol. The molecule has 1 aliphatic rings. The number of terminal acetylenes is 1. The van der Waals surface area contributed by atoms with Crippen molar-refractivity contribution in [1.29, 1.82) is 0 Å². The lowest BCUT2D eigenvalue weighted by molar-refractivity contribution is -0.153. The first kappa shape index (κ1) is 12.6. The Kier molecular flexibility index (Phi) is 3.94. The molecular formula is C12H17NO3. The van der Waals surface area contributed by atoms with Gasteiger partial charge in [0.25, 0.3) is 0 Å². The van der Waals surface area contributed by atoms with Crippen LogP contribution in [0.3, 0.4) is 0 Å². The van der Waals surface area contributed by atoms with Gasteiger partial charge < -0.3 is 10.0 Å². The molecule has 4 nitrogen and oxygen atoms in total. The normalized spacial score (nSPS) is 18.9. The monoisotopic (exact) mass is 223 g/mol. The van der Waals surface area contributed by atoms with Gasteiger partial charge >= 0.3 is 5.97 Å². The SMILES string of the molecule is C#CCCC(=O)N1CCC(C)(C(=O)O)CC1. The van der Waals surface area contributed by atoms with Crippen molar-refractivity contribution < 1.29 is 14.7 Å². The summed E-state index contributed by atoms with van der Waals surface area (Å²) in [4.78, 5) is 24.3. The van der Waals surface area contributed by atoms with Gasteiger partial charge in [-0.1, -0.05) is 0 Å². The molecular weight excluding hydrogens is 206 g/mol. The molecule has 1 heterocycles. The summed E-state index contributed by atoms with van der Waals surface area (Å²) in [6, 6.07) is 0. The molecule has 0 spiro atoms. The zero-order valence-electron chi connectivity index (χ0n) is 9.53. The lowest BCUT2D eigenvalue weighted by Gasteiger charge is -2.36. The van der Waals surface area contributed by atoms with Crippen LogP contribution in [0.2, 0.25) is 0 Å². The van der Waals surface area contributed by atoms with Gasteiger partial charge in [0.15, 0.2) is 0 Å². The van der Waals surface area contributed by atoms with Crippen molar-refractivity contribution in [3.8, 4) is 12.3 Å². The molecule has 0 unspecified atom stereocenters. The van der Waals surface area contributed by atoms with Gasteiger partial charge in [0.1, 0.15) is 0 Å². The summed E-state index contributed by atoms with van der Waals surface area (Å²) in [5.41, 5.74) is -0.678. The van der Waals surface area contributed by atoms with Crippen LogP contribution in [0.15, 0.2) is 0 Å². The van der Waals surface area contributed by atoms with Crippen molar-refractivity contribution in [2.24, 2.45) is 5.41 Å². The highest BCUT2D eigenvalue weighted by Crippen LogP contribution is 2.31. The minimum atomic E-state index is -0.775. The fourth-order valence-corrected chi connectivity index (χ4v) is 1.80. The van der Waals surface area contributed by atoms with Crippen molar-refractivity contribution in [3.05, 3.63) is 0 Å². The molecule has 1 amide bonds. The van der Waals surface area contributed by atoms with Gasteiger partial charge in [-0.3, -0.25) is 9.59 Å². The number of rotatable bonds is 3. The van der Waals surface area contributed by atoms with Gasteiger partial charge in [0.05, 0.1) is 5.41 Å². The lowest BCUT2D eigenvalue weighted by atomic mass is 9.80. The van der Waals surface area contributed by atoms with Crippen LogP contribution in [0.4, 0.5) is 0 Å². The van der Waals surface area contributed by atoms with E-state index in [-0.39, 0.29) is 5.91 Å². The number of carbonyl (C=O) groups is 2. The van der Waals surface area contributed by atoms with Crippen LogP contribution in [0.1, 0.15) is 32.6 Å². The number of piperidine rings is 1. The van der Waals surface area contributed by atoms with Gasteiger partial charge in [-0.05, 0) is 19.8 Å². The summed E-state index contributed by atoms with van der Waals surface area (Å²) < 4.78 is 0. The van der Waals surface area contributed by atoms with E-state index in [2.05, 4.69) is 5.92 Å². The summed E-state index contributed by atoms with van der Waals surface area (Å²) in [6.07, 6.45) is 6.94. The topological polar surface area (TPSA) is 57.6 Å². The third kappa shape index (κ3) is 2.75. The number of hydrogen-bond acceptors (Lipinski definition) is 2. The second kappa shape index (κ2) is 5.02. The highest BCUT2D eigenvalue weighted by atomic mass is 16.4. The smallest absolute Gasteiger partial charge is 0.309 e. The molecule has 1 rings (SSSR count). The van der Waals surface area contributed by atoms with Gasteiger partial charge in [0, 0.05) is 25.9 Å². The highest BCUT2D eigenvalue weighted by Gasteiger charge is 2.37. The molecule has 0 bridgehead atoms. The Labute approximate surface area is 95.6 Å². The van der Waals surface area contributed by atoms with E-state index in [0.29, 0.717) is 38.8 Å². The van der Waals surface area contributed by atoms with Gasteiger partial charge in [0.2, 0.25) is 5.91 Å². The number of amides is 1. The largest absolute Gasteiger partial charge is 0.481 e. The van der Waals surface area contributed by atoms with Gasteiger partial charge in [-0.25, -0.2) is 0 Å². The first-order valence-electron chi connectivity index (χ1n) is 5.44. The number of nitrogens with zero attached hydrogens (tertiary/aromatic N) is 1. The Balaban J connectivity index is 2.46. The van der Waals surface area contributed by atoms with Crippen LogP contribution in [0.5, 0.6) is 0 Å². The van der Waals surface area contributed by atoms with Crippen molar-refractivity contribution in [1.82, 2.24) is 4.90 Å². The Morgan fingerprint density at radius 3 is 2.44 bits per heavy atom. The molecule has 1 N–H and O–H groups in total. The number of carboxylic acids is 1. The van der Waals surface area contributed by atoms with E-state index in [9.17, 15) is 9.59 Å². The Morgan fingerprint density at radius 2 is 2.00 bits per heavy atom. The second-order valence-corrected chi connectivity index (χ2v) is 4.45. The fourth-order valence-electron chi connectivity index (χ4n) is 1.80. The molecule has 1 fully saturated rings. The third-order valence-corrected chi connectivity index (χ3v) is 3.22. The van der Waals surface area contributed by atoms with E-state index in [1.807, 2.05) is 0 Å². The number of carbonyl (C=O) groups excluding carboxylic acids is 1. The first-order chi connectivity index (χ1) is 7.49. The van der Waals surface area contributed by atoms with Crippen LogP contribution in [-0.4, -0.2) is 35.0 Å². The summed E-state index contributed by atoms with van der Waals surface area (Å²) >= 11 is 0. The first-order valence-corrected chi connectivity index (χ1v) is 5.44. The molecule has 0 aromatic carbocycles. The number of aliphatic carboxylic acids is 1. The van der Waals surface area contributed by atoms with Crippen molar-refractivity contribution in [2.45, 2.75) is 32.6 Å². The Bertz CT molecular complexity index is 322. The molecule has 88 valence electrons. The third-order valence-electron chi connectivity index (χ3n) is 3.22. The van der Waals surface area contributed by atoms with Crippen molar-refractivity contribution in [3.63, 3.8) is 0 Å². The average Bonchev–Trinajstić information content (AvgIpc) is 2.26. The molecule has 0 aromatic heterocycles. The minimum absolute atomic E-state index is 0.0328. The predicted octanol–water partition coefficient (Wildman–Crippen LogP) is 1.11. The van der Waals surface area contributed by atoms with Gasteiger partial charge in [-0.15, -0.1) is 12.3 Å². The summed E-state index contributed by atoms with van der Waals surface area (Å²) in [7, 11) is 0. The Morgan fingerprint density at radius 1 is 1.44 bits per heavy atom. The van der Waals surface area contributed by atoms with Crippen LogP contribution in [0.25, 0.3) is 0 Å². The van der Waals surface area contributed by atoms with E-state index in [4.69, 9.17) is 11.5 Å². The molecule has 16 heavy (non-hydrogen) atoms. The van der Waals surface area contributed by atoms with E-state index in [0.717, 1.165) is 0 Å². The van der Waals surface area contributed by atoms with Crippen LogP contribution < -0.4 is 0 Å². The minimum Gasteiger partial charge on any atom is -0.481 e. The lowest BCUT2D eigenvalue weighted by Crippen LogP contribution is -2.45. The number of likely N-dealkylation sites (tertiary alicyclic amines) is 1.